The Hall–Kier alpha value is -2.08. The lowest BCUT2D eigenvalue weighted by atomic mass is 9.94. The van der Waals surface area contributed by atoms with Gasteiger partial charge in [0.2, 0.25) is 5.91 Å². The van der Waals surface area contributed by atoms with Crippen LogP contribution in [0.15, 0.2) is 24.3 Å². The molecule has 1 fully saturated rings. The van der Waals surface area contributed by atoms with Gasteiger partial charge in [-0.2, -0.15) is 0 Å². The second kappa shape index (κ2) is 11.8. The van der Waals surface area contributed by atoms with Crippen LogP contribution in [0.3, 0.4) is 0 Å². The molecule has 1 aromatic rings. The van der Waals surface area contributed by atoms with Crippen LogP contribution < -0.4 is 10.6 Å². The maximum Gasteiger partial charge on any atom is 0.409 e. The largest absolute Gasteiger partial charge is 0.450 e. The van der Waals surface area contributed by atoms with Crippen molar-refractivity contribution in [2.24, 2.45) is 5.92 Å². The molecular formula is C23H37N3O3. The fraction of sp³-hybridized carbons (Fsp3) is 0.652. The third kappa shape index (κ3) is 7.35. The Labute approximate surface area is 175 Å². The number of hydrogen-bond acceptors (Lipinski definition) is 4. The van der Waals surface area contributed by atoms with Gasteiger partial charge < -0.3 is 20.3 Å². The first-order valence-corrected chi connectivity index (χ1v) is 11.0. The van der Waals surface area contributed by atoms with Crippen LogP contribution in [0.25, 0.3) is 0 Å². The van der Waals surface area contributed by atoms with E-state index in [0.29, 0.717) is 25.6 Å². The van der Waals surface area contributed by atoms with Crippen molar-refractivity contribution in [1.82, 2.24) is 15.5 Å². The van der Waals surface area contributed by atoms with E-state index < -0.39 is 0 Å². The van der Waals surface area contributed by atoms with Crippen molar-refractivity contribution in [1.29, 1.82) is 0 Å². The van der Waals surface area contributed by atoms with Gasteiger partial charge in [-0.25, -0.2) is 4.79 Å². The number of carbonyl (C=O) groups is 2. The molecule has 0 radical (unpaired) electrons. The lowest BCUT2D eigenvalue weighted by Crippen LogP contribution is -2.48. The fourth-order valence-corrected chi connectivity index (χ4v) is 3.82. The molecule has 0 aromatic heterocycles. The van der Waals surface area contributed by atoms with Crippen LogP contribution in [-0.2, 0) is 16.0 Å². The van der Waals surface area contributed by atoms with E-state index in [1.54, 1.807) is 4.90 Å². The van der Waals surface area contributed by atoms with Crippen LogP contribution in [0.1, 0.15) is 64.1 Å². The molecule has 29 heavy (non-hydrogen) atoms. The molecule has 1 atom stereocenters. The first-order chi connectivity index (χ1) is 13.9. The fourth-order valence-electron chi connectivity index (χ4n) is 3.82. The van der Waals surface area contributed by atoms with Crippen LogP contribution in [0.5, 0.6) is 0 Å². The molecule has 1 heterocycles. The summed E-state index contributed by atoms with van der Waals surface area (Å²) in [6.07, 6.45) is 3.50. The molecule has 2 N–H and O–H groups in total. The lowest BCUT2D eigenvalue weighted by molar-refractivity contribution is -0.121. The first-order valence-electron chi connectivity index (χ1n) is 11.0. The van der Waals surface area contributed by atoms with Crippen molar-refractivity contribution in [2.45, 2.75) is 65.5 Å². The Bertz CT molecular complexity index is 637. The van der Waals surface area contributed by atoms with Gasteiger partial charge >= 0.3 is 6.09 Å². The highest BCUT2D eigenvalue weighted by atomic mass is 16.6. The first kappa shape index (κ1) is 23.2. The number of amides is 2. The van der Waals surface area contributed by atoms with Gasteiger partial charge in [0.15, 0.2) is 0 Å². The van der Waals surface area contributed by atoms with E-state index in [1.165, 1.54) is 11.1 Å². The van der Waals surface area contributed by atoms with Gasteiger partial charge in [-0.1, -0.05) is 51.5 Å². The number of aryl methyl sites for hydroxylation is 1. The van der Waals surface area contributed by atoms with Gasteiger partial charge in [-0.05, 0) is 43.2 Å². The maximum absolute atomic E-state index is 12.4. The van der Waals surface area contributed by atoms with Crippen LogP contribution >= 0.6 is 0 Å². The molecule has 0 aliphatic carbocycles. The van der Waals surface area contributed by atoms with E-state index >= 15 is 0 Å². The van der Waals surface area contributed by atoms with Crippen molar-refractivity contribution < 1.29 is 14.3 Å². The number of rotatable bonds is 9. The average molecular weight is 404 g/mol. The molecular weight excluding hydrogens is 366 g/mol. The normalized spacial score (nSPS) is 16.0. The van der Waals surface area contributed by atoms with Gasteiger partial charge in [0.1, 0.15) is 0 Å². The highest BCUT2D eigenvalue weighted by molar-refractivity contribution is 5.78. The van der Waals surface area contributed by atoms with Crippen LogP contribution in [0.4, 0.5) is 4.79 Å². The molecule has 1 saturated heterocycles. The molecule has 0 bridgehead atoms. The summed E-state index contributed by atoms with van der Waals surface area (Å²) in [4.78, 5) is 25.9. The van der Waals surface area contributed by atoms with Crippen LogP contribution in [-0.4, -0.2) is 49.2 Å². The van der Waals surface area contributed by atoms with E-state index in [2.05, 4.69) is 55.7 Å². The Kier molecular flexibility index (Phi) is 9.45. The third-order valence-electron chi connectivity index (χ3n) is 5.41. The van der Waals surface area contributed by atoms with E-state index in [9.17, 15) is 9.59 Å². The summed E-state index contributed by atoms with van der Waals surface area (Å²) >= 11 is 0. The van der Waals surface area contributed by atoms with E-state index in [0.717, 1.165) is 25.7 Å². The van der Waals surface area contributed by atoms with Crippen molar-refractivity contribution in [3.8, 4) is 0 Å². The van der Waals surface area contributed by atoms with Gasteiger partial charge in [-0.15, -0.1) is 0 Å². The quantitative estimate of drug-likeness (QED) is 0.660. The zero-order chi connectivity index (χ0) is 21.2. The maximum atomic E-state index is 12.4. The third-order valence-corrected chi connectivity index (χ3v) is 5.41. The van der Waals surface area contributed by atoms with Gasteiger partial charge in [0, 0.05) is 25.2 Å². The Morgan fingerprint density at radius 2 is 1.79 bits per heavy atom. The van der Waals surface area contributed by atoms with Crippen LogP contribution in [0.2, 0.25) is 0 Å². The number of likely N-dealkylation sites (tertiary alicyclic amines) is 1. The number of benzene rings is 1. The Morgan fingerprint density at radius 1 is 1.14 bits per heavy atom. The van der Waals surface area contributed by atoms with Gasteiger partial charge in [0.05, 0.1) is 13.2 Å². The van der Waals surface area contributed by atoms with Crippen molar-refractivity contribution in [2.75, 3.05) is 26.2 Å². The second-order valence-corrected chi connectivity index (χ2v) is 8.12. The highest BCUT2D eigenvalue weighted by Crippen LogP contribution is 2.22. The molecule has 2 rings (SSSR count). The minimum Gasteiger partial charge on any atom is -0.450 e. The number of carbonyl (C=O) groups excluding carboxylic acids is 2. The smallest absolute Gasteiger partial charge is 0.409 e. The van der Waals surface area contributed by atoms with E-state index in [1.807, 2.05) is 6.92 Å². The van der Waals surface area contributed by atoms with Crippen molar-refractivity contribution >= 4 is 12.0 Å². The molecule has 6 heteroatoms. The lowest BCUT2D eigenvalue weighted by Gasteiger charge is -2.32. The Balaban J connectivity index is 1.80. The van der Waals surface area contributed by atoms with Gasteiger partial charge in [0.25, 0.3) is 0 Å². The topological polar surface area (TPSA) is 70.7 Å². The number of nitrogens with one attached hydrogen (secondary N) is 2. The minimum atomic E-state index is -0.260. The van der Waals surface area contributed by atoms with Crippen LogP contribution in [0, 0.1) is 5.92 Å². The summed E-state index contributed by atoms with van der Waals surface area (Å²) < 4.78 is 5.04. The zero-order valence-corrected chi connectivity index (χ0v) is 18.4. The summed E-state index contributed by atoms with van der Waals surface area (Å²) in [5.41, 5.74) is 2.57. The Morgan fingerprint density at radius 3 is 2.34 bits per heavy atom. The highest BCUT2D eigenvalue weighted by Gasteiger charge is 2.25. The minimum absolute atomic E-state index is 0.00726. The summed E-state index contributed by atoms with van der Waals surface area (Å²) in [7, 11) is 0. The summed E-state index contributed by atoms with van der Waals surface area (Å²) in [6.45, 7) is 10.2. The summed E-state index contributed by atoms with van der Waals surface area (Å²) in [5, 5.41) is 6.53. The summed E-state index contributed by atoms with van der Waals surface area (Å²) in [6, 6.07) is 8.97. The summed E-state index contributed by atoms with van der Waals surface area (Å²) in [5.74, 6) is 0.389. The number of ether oxygens (including phenoxy) is 1. The standard InChI is InChI=1S/C23H37N3O3/c1-5-7-18-8-10-19(11-9-18)22(17(3)4)24-16-21(27)25-20-12-14-26(15-13-20)23(28)29-6-2/h8-11,17,20,22,24H,5-7,12-16H2,1-4H3,(H,25,27)/t22-/m1/s1. The molecule has 2 amide bonds. The second-order valence-electron chi connectivity index (χ2n) is 8.12. The molecule has 0 spiro atoms. The monoisotopic (exact) mass is 403 g/mol. The van der Waals surface area contributed by atoms with Gasteiger partial charge in [-0.3, -0.25) is 4.79 Å². The van der Waals surface area contributed by atoms with E-state index in [4.69, 9.17) is 4.74 Å². The predicted octanol–water partition coefficient (Wildman–Crippen LogP) is 3.66. The number of piperidine rings is 1. The van der Waals surface area contributed by atoms with Crippen molar-refractivity contribution in [3.63, 3.8) is 0 Å². The number of nitrogens with zero attached hydrogens (tertiary/aromatic N) is 1. The SMILES string of the molecule is CCCc1ccc([C@H](NCC(=O)NC2CCN(C(=O)OCC)CC2)C(C)C)cc1. The average Bonchev–Trinajstić information content (AvgIpc) is 2.70. The predicted molar refractivity (Wildman–Crippen MR) is 116 cm³/mol. The molecule has 162 valence electrons. The molecule has 0 unspecified atom stereocenters. The molecule has 1 aliphatic heterocycles. The van der Waals surface area contributed by atoms with Crippen molar-refractivity contribution in [3.05, 3.63) is 35.4 Å². The van der Waals surface area contributed by atoms with E-state index in [-0.39, 0.29) is 30.6 Å². The number of hydrogen-bond donors (Lipinski definition) is 2. The molecule has 1 aliphatic rings. The molecule has 0 saturated carbocycles. The molecule has 6 nitrogen and oxygen atoms in total. The molecule has 1 aromatic carbocycles. The zero-order valence-electron chi connectivity index (χ0n) is 18.4.